The monoisotopic (exact) mass is 537 g/mol. The lowest BCUT2D eigenvalue weighted by molar-refractivity contribution is -0.141. The molecule has 2 amide bonds. The van der Waals surface area contributed by atoms with E-state index in [9.17, 15) is 18.0 Å². The van der Waals surface area contributed by atoms with E-state index in [0.29, 0.717) is 16.5 Å². The Morgan fingerprint density at radius 1 is 1.06 bits per heavy atom. The molecule has 0 aliphatic heterocycles. The van der Waals surface area contributed by atoms with Crippen LogP contribution >= 0.6 is 11.6 Å². The molecule has 0 aromatic heterocycles. The summed E-state index contributed by atoms with van der Waals surface area (Å²) in [6, 6.07) is 13.1. The number of benzene rings is 2. The Bertz CT molecular complexity index is 1130. The van der Waals surface area contributed by atoms with E-state index >= 15 is 0 Å². The zero-order valence-corrected chi connectivity index (χ0v) is 23.3. The van der Waals surface area contributed by atoms with Gasteiger partial charge in [0, 0.05) is 30.1 Å². The average Bonchev–Trinajstić information content (AvgIpc) is 2.79. The number of amides is 2. The van der Waals surface area contributed by atoms with Crippen molar-refractivity contribution in [2.45, 2.75) is 58.7 Å². The number of hydrogen-bond donors (Lipinski definition) is 1. The van der Waals surface area contributed by atoms with Crippen molar-refractivity contribution in [1.29, 1.82) is 0 Å². The molecule has 0 bridgehead atoms. The minimum Gasteiger partial charge on any atom is -0.497 e. The van der Waals surface area contributed by atoms with Crippen LogP contribution in [0.4, 0.5) is 5.69 Å². The van der Waals surface area contributed by atoms with E-state index < -0.39 is 21.6 Å². The zero-order chi connectivity index (χ0) is 27.1. The molecule has 36 heavy (non-hydrogen) atoms. The summed E-state index contributed by atoms with van der Waals surface area (Å²) >= 11 is 5.93. The number of halogens is 1. The summed E-state index contributed by atoms with van der Waals surface area (Å²) < 4.78 is 31.2. The number of sulfonamides is 1. The molecule has 1 atom stereocenters. The van der Waals surface area contributed by atoms with Gasteiger partial charge in [-0.05, 0) is 76.1 Å². The molecule has 8 nitrogen and oxygen atoms in total. The molecule has 198 valence electrons. The molecule has 10 heteroatoms. The van der Waals surface area contributed by atoms with Crippen LogP contribution in [0.3, 0.4) is 0 Å². The van der Waals surface area contributed by atoms with Gasteiger partial charge in [-0.15, -0.1) is 0 Å². The van der Waals surface area contributed by atoms with Crippen LogP contribution in [-0.2, 0) is 26.2 Å². The number of anilines is 1. The molecule has 2 rings (SSSR count). The van der Waals surface area contributed by atoms with Crippen LogP contribution in [0.2, 0.25) is 5.02 Å². The Hall–Kier alpha value is -2.78. The third kappa shape index (κ3) is 9.02. The highest BCUT2D eigenvalue weighted by atomic mass is 35.5. The summed E-state index contributed by atoms with van der Waals surface area (Å²) in [5.41, 5.74) is 0.871. The number of ether oxygens (including phenoxy) is 1. The maximum atomic E-state index is 13.3. The van der Waals surface area contributed by atoms with E-state index in [2.05, 4.69) is 5.32 Å². The average molecular weight is 538 g/mol. The van der Waals surface area contributed by atoms with Crippen molar-refractivity contribution in [1.82, 2.24) is 10.2 Å². The predicted molar refractivity (Wildman–Crippen MR) is 144 cm³/mol. The molecule has 0 radical (unpaired) electrons. The van der Waals surface area contributed by atoms with Crippen molar-refractivity contribution < 1.29 is 22.7 Å². The van der Waals surface area contributed by atoms with Crippen LogP contribution < -0.4 is 14.4 Å². The fourth-order valence-electron chi connectivity index (χ4n) is 3.60. The lowest BCUT2D eigenvalue weighted by Crippen LogP contribution is -2.52. The summed E-state index contributed by atoms with van der Waals surface area (Å²) in [6.45, 7) is 7.68. The summed E-state index contributed by atoms with van der Waals surface area (Å²) in [5.74, 6) is 0.188. The van der Waals surface area contributed by atoms with Gasteiger partial charge < -0.3 is 15.0 Å². The van der Waals surface area contributed by atoms with Gasteiger partial charge in [-0.3, -0.25) is 13.9 Å². The zero-order valence-electron chi connectivity index (χ0n) is 21.7. The van der Waals surface area contributed by atoms with Gasteiger partial charge in [0.15, 0.2) is 0 Å². The van der Waals surface area contributed by atoms with Crippen molar-refractivity contribution in [3.8, 4) is 5.75 Å². The molecular weight excluding hydrogens is 502 g/mol. The number of rotatable bonds is 11. The molecule has 0 saturated heterocycles. The summed E-state index contributed by atoms with van der Waals surface area (Å²) in [4.78, 5) is 27.8. The Morgan fingerprint density at radius 2 is 1.64 bits per heavy atom. The Labute approximate surface area is 219 Å². The van der Waals surface area contributed by atoms with Crippen LogP contribution in [0.1, 0.15) is 46.1 Å². The number of nitrogens with one attached hydrogen (secondary N) is 1. The largest absolute Gasteiger partial charge is 0.497 e. The summed E-state index contributed by atoms with van der Waals surface area (Å²) in [5, 5.41) is 3.43. The Morgan fingerprint density at radius 3 is 2.14 bits per heavy atom. The fraction of sp³-hybridized carbons (Fsp3) is 0.462. The number of methoxy groups -OCH3 is 1. The first-order valence-corrected chi connectivity index (χ1v) is 13.9. The number of hydrogen-bond acceptors (Lipinski definition) is 5. The molecule has 1 N–H and O–H groups in total. The van der Waals surface area contributed by atoms with Crippen molar-refractivity contribution in [3.05, 3.63) is 59.1 Å². The molecule has 0 fully saturated rings. The first kappa shape index (κ1) is 29.5. The lowest BCUT2D eigenvalue weighted by Gasteiger charge is -2.32. The highest BCUT2D eigenvalue weighted by Gasteiger charge is 2.28. The highest BCUT2D eigenvalue weighted by molar-refractivity contribution is 7.92. The first-order chi connectivity index (χ1) is 16.7. The minimum atomic E-state index is -3.56. The van der Waals surface area contributed by atoms with Gasteiger partial charge in [0.2, 0.25) is 21.8 Å². The second-order valence-electron chi connectivity index (χ2n) is 9.70. The smallest absolute Gasteiger partial charge is 0.242 e. The predicted octanol–water partition coefficient (Wildman–Crippen LogP) is 4.23. The molecule has 2 aromatic carbocycles. The van der Waals surface area contributed by atoms with Crippen LogP contribution in [0.5, 0.6) is 5.75 Å². The van der Waals surface area contributed by atoms with Crippen LogP contribution in [0, 0.1) is 0 Å². The van der Waals surface area contributed by atoms with Gasteiger partial charge >= 0.3 is 0 Å². The maximum absolute atomic E-state index is 13.3. The molecule has 0 saturated carbocycles. The van der Waals surface area contributed by atoms with Crippen LogP contribution in [0.15, 0.2) is 48.5 Å². The molecular formula is C26H36ClN3O5S. The van der Waals surface area contributed by atoms with Crippen molar-refractivity contribution in [2.24, 2.45) is 0 Å². The van der Waals surface area contributed by atoms with Crippen LogP contribution in [-0.4, -0.2) is 56.6 Å². The third-order valence-corrected chi connectivity index (χ3v) is 6.89. The quantitative estimate of drug-likeness (QED) is 0.463. The van der Waals surface area contributed by atoms with Gasteiger partial charge in [-0.1, -0.05) is 23.7 Å². The van der Waals surface area contributed by atoms with Crippen LogP contribution in [0.25, 0.3) is 0 Å². The Kier molecular flexibility index (Phi) is 10.2. The van der Waals surface area contributed by atoms with Crippen molar-refractivity contribution >= 4 is 39.1 Å². The summed E-state index contributed by atoms with van der Waals surface area (Å²) in [6.07, 6.45) is 1.47. The fourth-order valence-corrected chi connectivity index (χ4v) is 4.69. The highest BCUT2D eigenvalue weighted by Crippen LogP contribution is 2.22. The van der Waals surface area contributed by atoms with Gasteiger partial charge in [-0.25, -0.2) is 8.42 Å². The molecule has 0 heterocycles. The molecule has 0 aliphatic rings. The minimum absolute atomic E-state index is 0.0723. The number of carbonyl (C=O) groups excluding carboxylic acids is 2. The van der Waals surface area contributed by atoms with Crippen molar-refractivity contribution in [2.75, 3.05) is 24.2 Å². The van der Waals surface area contributed by atoms with E-state index in [1.54, 1.807) is 50.4 Å². The van der Waals surface area contributed by atoms with Crippen molar-refractivity contribution in [3.63, 3.8) is 0 Å². The van der Waals surface area contributed by atoms with Gasteiger partial charge in [-0.2, -0.15) is 0 Å². The number of carbonyl (C=O) groups is 2. The first-order valence-electron chi connectivity index (χ1n) is 11.7. The second-order valence-corrected chi connectivity index (χ2v) is 12.0. The normalized spacial score (nSPS) is 12.5. The molecule has 2 aromatic rings. The van der Waals surface area contributed by atoms with E-state index in [-0.39, 0.29) is 37.7 Å². The SMILES string of the molecule is COc1ccc(CN(C(=O)CCCN(c2ccc(Cl)cc2)S(C)(=O)=O)[C@@H](C)C(=O)NC(C)(C)C)cc1. The number of nitrogens with zero attached hydrogens (tertiary/aromatic N) is 2. The van der Waals surface area contributed by atoms with E-state index in [4.69, 9.17) is 16.3 Å². The summed E-state index contributed by atoms with van der Waals surface area (Å²) in [7, 11) is -1.99. The molecule has 0 aliphatic carbocycles. The Balaban J connectivity index is 2.18. The van der Waals surface area contributed by atoms with E-state index in [1.807, 2.05) is 32.9 Å². The third-order valence-electron chi connectivity index (χ3n) is 5.44. The second kappa shape index (κ2) is 12.5. The standard InChI is InChI=1S/C26H36ClN3O5S/c1-19(25(32)28-26(2,3)4)29(18-20-9-15-23(35-5)16-10-20)24(31)8-7-17-30(36(6,33)34)22-13-11-21(27)12-14-22/h9-16,19H,7-8,17-18H2,1-6H3,(H,28,32)/t19-/m0/s1. The van der Waals surface area contributed by atoms with Gasteiger partial charge in [0.25, 0.3) is 0 Å². The maximum Gasteiger partial charge on any atom is 0.242 e. The van der Waals surface area contributed by atoms with E-state index in [1.165, 1.54) is 9.21 Å². The van der Waals surface area contributed by atoms with E-state index in [0.717, 1.165) is 11.8 Å². The topological polar surface area (TPSA) is 96.0 Å². The van der Waals surface area contributed by atoms with Gasteiger partial charge in [0.1, 0.15) is 11.8 Å². The lowest BCUT2D eigenvalue weighted by atomic mass is 10.1. The molecule has 0 spiro atoms. The molecule has 0 unspecified atom stereocenters. The van der Waals surface area contributed by atoms with Gasteiger partial charge in [0.05, 0.1) is 19.1 Å².